The van der Waals surface area contributed by atoms with E-state index in [0.717, 1.165) is 0 Å². The Bertz CT molecular complexity index is 1250. The van der Waals surface area contributed by atoms with Gasteiger partial charge >= 0.3 is 0 Å². The number of nitrogens with two attached hydrogens (primary N) is 1. The van der Waals surface area contributed by atoms with Crippen LogP contribution in [-0.2, 0) is 11.2 Å². The zero-order valence-electron chi connectivity index (χ0n) is 18.8. The zero-order chi connectivity index (χ0) is 24.6. The number of hydrogen-bond donors (Lipinski definition) is 2. The summed E-state index contributed by atoms with van der Waals surface area (Å²) >= 11 is 6.15. The molecule has 0 aliphatic heterocycles. The quantitative estimate of drug-likeness (QED) is 0.514. The van der Waals surface area contributed by atoms with E-state index in [1.165, 1.54) is 23.2 Å². The van der Waals surface area contributed by atoms with Crippen LogP contribution in [0.15, 0.2) is 54.9 Å². The maximum Gasteiger partial charge on any atom is 0.259 e. The molecule has 2 amide bonds. The molecule has 4 rings (SSSR count). The number of rotatable bonds is 6. The van der Waals surface area contributed by atoms with E-state index >= 15 is 0 Å². The summed E-state index contributed by atoms with van der Waals surface area (Å²) in [6, 6.07) is 9.20. The first-order chi connectivity index (χ1) is 16.2. The predicted molar refractivity (Wildman–Crippen MR) is 127 cm³/mol. The van der Waals surface area contributed by atoms with Gasteiger partial charge < -0.3 is 15.7 Å². The summed E-state index contributed by atoms with van der Waals surface area (Å²) in [4.78, 5) is 32.2. The second kappa shape index (κ2) is 9.43. The maximum atomic E-state index is 14.7. The van der Waals surface area contributed by atoms with Crippen LogP contribution >= 0.6 is 11.6 Å². The Hall–Kier alpha value is -3.45. The molecule has 2 atom stereocenters. The summed E-state index contributed by atoms with van der Waals surface area (Å²) in [5, 5.41) is 11.1. The molecule has 176 valence electrons. The molecule has 3 N–H and O–H groups in total. The summed E-state index contributed by atoms with van der Waals surface area (Å²) in [6.45, 7) is 3.81. The Morgan fingerprint density at radius 1 is 1.24 bits per heavy atom. The third kappa shape index (κ3) is 4.23. The van der Waals surface area contributed by atoms with Crippen molar-refractivity contribution in [3.05, 3.63) is 93.5 Å². The van der Waals surface area contributed by atoms with E-state index in [-0.39, 0.29) is 22.3 Å². The molecule has 2 aromatic carbocycles. The number of phenols is 1. The molecule has 0 bridgehead atoms. The van der Waals surface area contributed by atoms with Crippen molar-refractivity contribution in [1.82, 2.24) is 9.88 Å². The van der Waals surface area contributed by atoms with E-state index in [9.17, 15) is 19.1 Å². The van der Waals surface area contributed by atoms with E-state index in [1.807, 2.05) is 13.8 Å². The number of aromatic nitrogens is 1. The number of pyridine rings is 1. The molecule has 0 spiro atoms. The molecule has 34 heavy (non-hydrogen) atoms. The number of halogens is 2. The molecule has 1 aliphatic rings. The van der Waals surface area contributed by atoms with E-state index in [2.05, 4.69) is 4.98 Å². The molecular weight excluding hydrogens is 457 g/mol. The fourth-order valence-corrected chi connectivity index (χ4v) is 4.90. The number of primary amides is 1. The summed E-state index contributed by atoms with van der Waals surface area (Å²) in [5.41, 5.74) is 7.85. The largest absolute Gasteiger partial charge is 0.507 e. The van der Waals surface area contributed by atoms with Crippen LogP contribution in [0.3, 0.4) is 0 Å². The lowest BCUT2D eigenvalue weighted by Crippen LogP contribution is -2.43. The van der Waals surface area contributed by atoms with Gasteiger partial charge in [-0.25, -0.2) is 4.39 Å². The van der Waals surface area contributed by atoms with E-state index < -0.39 is 29.7 Å². The molecule has 0 fully saturated rings. The molecule has 1 aliphatic carbocycles. The maximum absolute atomic E-state index is 14.7. The van der Waals surface area contributed by atoms with Gasteiger partial charge in [0, 0.05) is 23.0 Å². The number of hydrogen-bond acceptors (Lipinski definition) is 4. The Morgan fingerprint density at radius 3 is 2.65 bits per heavy atom. The Kier molecular flexibility index (Phi) is 6.57. The van der Waals surface area contributed by atoms with Gasteiger partial charge in [-0.1, -0.05) is 43.6 Å². The van der Waals surface area contributed by atoms with Crippen LogP contribution in [-0.4, -0.2) is 26.8 Å². The summed E-state index contributed by atoms with van der Waals surface area (Å²) in [6.07, 6.45) is 3.75. The number of phenolic OH excluding ortho intramolecular Hbond substituents is 1. The van der Waals surface area contributed by atoms with Crippen molar-refractivity contribution in [1.29, 1.82) is 0 Å². The number of nitrogens with zero attached hydrogens (tertiary/aromatic N) is 2. The first-order valence-electron chi connectivity index (χ1n) is 11.0. The highest BCUT2D eigenvalue weighted by Gasteiger charge is 2.41. The van der Waals surface area contributed by atoms with E-state index in [0.29, 0.717) is 35.1 Å². The number of fused-ring (bicyclic) bond motifs is 1. The third-order valence-electron chi connectivity index (χ3n) is 6.26. The molecule has 6 nitrogen and oxygen atoms in total. The smallest absolute Gasteiger partial charge is 0.259 e. The van der Waals surface area contributed by atoms with Crippen LogP contribution < -0.4 is 5.73 Å². The standard InChI is InChI=1S/C26H25ClFN3O3/c1-14(2)17-6-3-7-19(24(17)32)26(34)31(23(25(29)33)15-5-4-10-30-13-15)22-9-8-18-20(22)11-16(27)12-21(18)28/h3-7,10-14,22-23,32H,8-9H2,1-2H3,(H2,29,33)/t22-,23?/m1/s1. The Labute approximate surface area is 202 Å². The fourth-order valence-electron chi connectivity index (χ4n) is 4.69. The van der Waals surface area contributed by atoms with Crippen molar-refractivity contribution in [3.8, 4) is 5.75 Å². The molecule has 8 heteroatoms. The van der Waals surface area contributed by atoms with Crippen LogP contribution in [0.4, 0.5) is 4.39 Å². The fraction of sp³-hybridized carbons (Fsp3) is 0.269. The Balaban J connectivity index is 1.92. The second-order valence-corrected chi connectivity index (χ2v) is 9.15. The van der Waals surface area contributed by atoms with Gasteiger partial charge in [0.15, 0.2) is 0 Å². The lowest BCUT2D eigenvalue weighted by atomic mass is 9.95. The minimum absolute atomic E-state index is 0.0356. The van der Waals surface area contributed by atoms with Crippen LogP contribution in [0.2, 0.25) is 5.02 Å². The number of amides is 2. The van der Waals surface area contributed by atoms with Gasteiger partial charge in [-0.15, -0.1) is 0 Å². The first-order valence-corrected chi connectivity index (χ1v) is 11.4. The monoisotopic (exact) mass is 481 g/mol. The zero-order valence-corrected chi connectivity index (χ0v) is 19.6. The number of para-hydroxylation sites is 1. The highest BCUT2D eigenvalue weighted by molar-refractivity contribution is 6.30. The summed E-state index contributed by atoms with van der Waals surface area (Å²) in [5.74, 6) is -2.01. The summed E-state index contributed by atoms with van der Waals surface area (Å²) < 4.78 is 14.7. The first kappa shape index (κ1) is 23.7. The van der Waals surface area contributed by atoms with Gasteiger partial charge in [0.05, 0.1) is 11.6 Å². The van der Waals surface area contributed by atoms with Gasteiger partial charge in [0.1, 0.15) is 17.6 Å². The van der Waals surface area contributed by atoms with E-state index in [4.69, 9.17) is 17.3 Å². The lowest BCUT2D eigenvalue weighted by molar-refractivity contribution is -0.123. The second-order valence-electron chi connectivity index (χ2n) is 8.71. The number of aromatic hydroxyl groups is 1. The van der Waals surface area contributed by atoms with Crippen molar-refractivity contribution in [2.24, 2.45) is 5.73 Å². The molecule has 0 saturated carbocycles. The van der Waals surface area contributed by atoms with Crippen molar-refractivity contribution >= 4 is 23.4 Å². The minimum Gasteiger partial charge on any atom is -0.507 e. The van der Waals surface area contributed by atoms with Gasteiger partial charge in [-0.05, 0) is 59.7 Å². The van der Waals surface area contributed by atoms with Crippen LogP contribution in [0.25, 0.3) is 0 Å². The van der Waals surface area contributed by atoms with Crippen LogP contribution in [0.5, 0.6) is 5.75 Å². The lowest BCUT2D eigenvalue weighted by Gasteiger charge is -2.36. The van der Waals surface area contributed by atoms with Crippen molar-refractivity contribution in [2.75, 3.05) is 0 Å². The van der Waals surface area contributed by atoms with Crippen molar-refractivity contribution in [2.45, 2.75) is 44.7 Å². The Morgan fingerprint density at radius 2 is 2.00 bits per heavy atom. The molecule has 1 unspecified atom stereocenters. The minimum atomic E-state index is -1.19. The number of carbonyl (C=O) groups is 2. The number of benzene rings is 2. The number of carbonyl (C=O) groups excluding carboxylic acids is 2. The normalized spacial score (nSPS) is 15.7. The van der Waals surface area contributed by atoms with Gasteiger partial charge in [0.25, 0.3) is 5.91 Å². The van der Waals surface area contributed by atoms with Crippen LogP contribution in [0.1, 0.15) is 70.9 Å². The average molecular weight is 482 g/mol. The molecular formula is C26H25ClFN3O3. The van der Waals surface area contributed by atoms with Crippen molar-refractivity contribution in [3.63, 3.8) is 0 Å². The average Bonchev–Trinajstić information content (AvgIpc) is 3.21. The molecule has 3 aromatic rings. The third-order valence-corrected chi connectivity index (χ3v) is 6.48. The topological polar surface area (TPSA) is 96.5 Å². The SMILES string of the molecule is CC(C)c1cccc(C(=O)N(C(C(N)=O)c2cccnc2)[C@@H]2CCc3c(F)cc(Cl)cc32)c1O. The molecule has 1 aromatic heterocycles. The molecule has 0 radical (unpaired) electrons. The van der Waals surface area contributed by atoms with Gasteiger partial charge in [-0.2, -0.15) is 0 Å². The van der Waals surface area contributed by atoms with Gasteiger partial charge in [0.2, 0.25) is 5.91 Å². The predicted octanol–water partition coefficient (Wildman–Crippen LogP) is 5.06. The summed E-state index contributed by atoms with van der Waals surface area (Å²) in [7, 11) is 0. The van der Waals surface area contributed by atoms with Gasteiger partial charge in [-0.3, -0.25) is 14.6 Å². The highest BCUT2D eigenvalue weighted by atomic mass is 35.5. The van der Waals surface area contributed by atoms with Crippen molar-refractivity contribution < 1.29 is 19.1 Å². The molecule has 0 saturated heterocycles. The molecule has 1 heterocycles. The van der Waals surface area contributed by atoms with E-state index in [1.54, 1.807) is 36.5 Å². The highest BCUT2D eigenvalue weighted by Crippen LogP contribution is 2.44. The van der Waals surface area contributed by atoms with Crippen LogP contribution in [0, 0.1) is 5.82 Å².